The van der Waals surface area contributed by atoms with Crippen molar-refractivity contribution in [2.75, 3.05) is 19.0 Å². The van der Waals surface area contributed by atoms with E-state index >= 15 is 0 Å². The number of nitrogens with one attached hydrogen (secondary N) is 1. The zero-order chi connectivity index (χ0) is 11.5. The van der Waals surface area contributed by atoms with E-state index in [9.17, 15) is 0 Å². The summed E-state index contributed by atoms with van der Waals surface area (Å²) >= 11 is 0. The fraction of sp³-hybridized carbons (Fsp3) is 0.800. The fourth-order valence-electron chi connectivity index (χ4n) is 1.32. The number of ether oxygens (including phenoxy) is 1. The first-order valence-corrected chi connectivity index (χ1v) is 5.12. The maximum atomic E-state index is 5.64. The molecule has 5 nitrogen and oxygen atoms in total. The third kappa shape index (κ3) is 2.92. The summed E-state index contributed by atoms with van der Waals surface area (Å²) in [6.07, 6.45) is -0.145. The molecule has 5 heteroatoms. The molecule has 15 heavy (non-hydrogen) atoms. The first kappa shape index (κ1) is 12.0. The molecule has 1 atom stereocenters. The monoisotopic (exact) mass is 213 g/mol. The van der Waals surface area contributed by atoms with Crippen LogP contribution in [-0.4, -0.2) is 23.8 Å². The minimum atomic E-state index is -0.145. The Morgan fingerprint density at radius 3 is 2.53 bits per heavy atom. The minimum absolute atomic E-state index is 0.0507. The quantitative estimate of drug-likeness (QED) is 0.831. The first-order chi connectivity index (χ1) is 6.99. The Labute approximate surface area is 90.2 Å². The van der Waals surface area contributed by atoms with Gasteiger partial charge in [-0.05, 0) is 12.3 Å². The Kier molecular flexibility index (Phi) is 3.68. The van der Waals surface area contributed by atoms with Crippen LogP contribution in [0, 0.1) is 5.41 Å². The molecule has 0 aliphatic heterocycles. The molecule has 1 unspecified atom stereocenters. The Balaban J connectivity index is 2.88. The predicted octanol–water partition coefficient (Wildman–Crippen LogP) is 2.24. The maximum Gasteiger partial charge on any atom is 0.321 e. The van der Waals surface area contributed by atoms with E-state index in [1.165, 1.54) is 0 Å². The molecule has 1 N–H and O–H groups in total. The molecule has 0 radical (unpaired) electrons. The third-order valence-electron chi connectivity index (χ3n) is 2.01. The molecular formula is C10H19N3O2. The highest BCUT2D eigenvalue weighted by Gasteiger charge is 2.31. The van der Waals surface area contributed by atoms with E-state index in [1.54, 1.807) is 7.05 Å². The number of hydrogen-bond acceptors (Lipinski definition) is 5. The fourth-order valence-corrected chi connectivity index (χ4v) is 1.32. The van der Waals surface area contributed by atoms with Crippen molar-refractivity contribution in [1.82, 2.24) is 10.1 Å². The van der Waals surface area contributed by atoms with E-state index in [1.807, 2.05) is 6.92 Å². The van der Waals surface area contributed by atoms with Crippen LogP contribution in [0.5, 0.6) is 0 Å². The molecule has 1 heterocycles. The van der Waals surface area contributed by atoms with Crippen LogP contribution in [0.15, 0.2) is 4.52 Å². The molecule has 0 aliphatic rings. The largest absolute Gasteiger partial charge is 0.370 e. The molecular weight excluding hydrogens is 194 g/mol. The summed E-state index contributed by atoms with van der Waals surface area (Å²) in [5, 5.41) is 6.70. The van der Waals surface area contributed by atoms with Gasteiger partial charge in [-0.25, -0.2) is 0 Å². The van der Waals surface area contributed by atoms with E-state index in [2.05, 4.69) is 36.2 Å². The second-order valence-corrected chi connectivity index (χ2v) is 4.41. The zero-order valence-electron chi connectivity index (χ0n) is 10.00. The SMILES string of the molecule is CCOC(c1noc(NC)n1)C(C)(C)C. The van der Waals surface area contributed by atoms with Crippen LogP contribution in [0.4, 0.5) is 6.01 Å². The second kappa shape index (κ2) is 4.61. The molecule has 0 spiro atoms. The number of nitrogens with zero attached hydrogens (tertiary/aromatic N) is 2. The lowest BCUT2D eigenvalue weighted by molar-refractivity contribution is -0.0203. The first-order valence-electron chi connectivity index (χ1n) is 5.12. The van der Waals surface area contributed by atoms with Crippen LogP contribution >= 0.6 is 0 Å². The summed E-state index contributed by atoms with van der Waals surface area (Å²) in [4.78, 5) is 4.20. The molecule has 0 saturated heterocycles. The number of hydrogen-bond donors (Lipinski definition) is 1. The number of aromatic nitrogens is 2. The van der Waals surface area contributed by atoms with Crippen LogP contribution in [0.2, 0.25) is 0 Å². The average Bonchev–Trinajstić information content (AvgIpc) is 2.60. The van der Waals surface area contributed by atoms with Gasteiger partial charge in [-0.3, -0.25) is 0 Å². The van der Waals surface area contributed by atoms with Gasteiger partial charge < -0.3 is 14.6 Å². The van der Waals surface area contributed by atoms with Gasteiger partial charge in [0.2, 0.25) is 5.82 Å². The highest BCUT2D eigenvalue weighted by Crippen LogP contribution is 2.34. The maximum absolute atomic E-state index is 5.64. The number of rotatable bonds is 4. The van der Waals surface area contributed by atoms with Crippen molar-refractivity contribution in [1.29, 1.82) is 0 Å². The number of anilines is 1. The van der Waals surface area contributed by atoms with E-state index in [4.69, 9.17) is 9.26 Å². The molecule has 0 aromatic carbocycles. The molecule has 1 rings (SSSR count). The third-order valence-corrected chi connectivity index (χ3v) is 2.01. The molecule has 0 amide bonds. The lowest BCUT2D eigenvalue weighted by Crippen LogP contribution is -2.22. The molecule has 0 bridgehead atoms. The summed E-state index contributed by atoms with van der Waals surface area (Å²) in [5.41, 5.74) is -0.0507. The van der Waals surface area contributed by atoms with E-state index < -0.39 is 0 Å². The summed E-state index contributed by atoms with van der Waals surface area (Å²) in [6, 6.07) is 0.416. The Morgan fingerprint density at radius 2 is 2.13 bits per heavy atom. The van der Waals surface area contributed by atoms with Crippen LogP contribution in [0.1, 0.15) is 39.6 Å². The molecule has 86 valence electrons. The van der Waals surface area contributed by atoms with Gasteiger partial charge in [0.25, 0.3) is 0 Å². The van der Waals surface area contributed by atoms with Gasteiger partial charge in [0, 0.05) is 13.7 Å². The van der Waals surface area contributed by atoms with Crippen molar-refractivity contribution in [3.05, 3.63) is 5.82 Å². The Bertz CT molecular complexity index is 304. The van der Waals surface area contributed by atoms with Crippen molar-refractivity contribution >= 4 is 6.01 Å². The topological polar surface area (TPSA) is 60.2 Å². The standard InChI is InChI=1S/C10H19N3O2/c1-6-14-7(10(2,3)4)8-12-9(11-5)15-13-8/h7H,6H2,1-5H3,(H,11,12,13). The normalized spacial score (nSPS) is 13.9. The zero-order valence-corrected chi connectivity index (χ0v) is 10.00. The van der Waals surface area contributed by atoms with Crippen LogP contribution < -0.4 is 5.32 Å². The van der Waals surface area contributed by atoms with Crippen molar-refractivity contribution in [3.63, 3.8) is 0 Å². The molecule has 1 aromatic rings. The Morgan fingerprint density at radius 1 is 1.47 bits per heavy atom. The van der Waals surface area contributed by atoms with Crippen molar-refractivity contribution < 1.29 is 9.26 Å². The van der Waals surface area contributed by atoms with Gasteiger partial charge in [0.05, 0.1) is 0 Å². The predicted molar refractivity (Wildman–Crippen MR) is 57.7 cm³/mol. The van der Waals surface area contributed by atoms with Crippen molar-refractivity contribution in [2.45, 2.75) is 33.8 Å². The van der Waals surface area contributed by atoms with E-state index in [-0.39, 0.29) is 11.5 Å². The summed E-state index contributed by atoms with van der Waals surface area (Å²) < 4.78 is 10.6. The minimum Gasteiger partial charge on any atom is -0.370 e. The smallest absolute Gasteiger partial charge is 0.321 e. The van der Waals surface area contributed by atoms with Crippen molar-refractivity contribution in [3.8, 4) is 0 Å². The molecule has 1 aromatic heterocycles. The second-order valence-electron chi connectivity index (χ2n) is 4.41. The highest BCUT2D eigenvalue weighted by atomic mass is 16.5. The summed E-state index contributed by atoms with van der Waals surface area (Å²) in [5.74, 6) is 0.591. The van der Waals surface area contributed by atoms with Crippen LogP contribution in [0.3, 0.4) is 0 Å². The van der Waals surface area contributed by atoms with Gasteiger partial charge in [-0.2, -0.15) is 4.98 Å². The van der Waals surface area contributed by atoms with Crippen LogP contribution in [-0.2, 0) is 4.74 Å². The molecule has 0 fully saturated rings. The summed E-state index contributed by atoms with van der Waals surface area (Å²) in [7, 11) is 1.74. The lowest BCUT2D eigenvalue weighted by Gasteiger charge is -2.27. The van der Waals surface area contributed by atoms with E-state index in [0.717, 1.165) is 0 Å². The van der Waals surface area contributed by atoms with Gasteiger partial charge in [0.1, 0.15) is 6.10 Å². The van der Waals surface area contributed by atoms with Gasteiger partial charge in [-0.1, -0.05) is 25.9 Å². The van der Waals surface area contributed by atoms with E-state index in [0.29, 0.717) is 18.4 Å². The van der Waals surface area contributed by atoms with Gasteiger partial charge >= 0.3 is 6.01 Å². The van der Waals surface area contributed by atoms with Crippen LogP contribution in [0.25, 0.3) is 0 Å². The average molecular weight is 213 g/mol. The molecule has 0 aliphatic carbocycles. The molecule has 0 saturated carbocycles. The lowest BCUT2D eigenvalue weighted by atomic mass is 9.88. The van der Waals surface area contributed by atoms with Gasteiger partial charge in [-0.15, -0.1) is 0 Å². The van der Waals surface area contributed by atoms with Gasteiger partial charge in [0.15, 0.2) is 0 Å². The Hall–Kier alpha value is -1.10. The highest BCUT2D eigenvalue weighted by molar-refractivity contribution is 5.17. The summed E-state index contributed by atoms with van der Waals surface area (Å²) in [6.45, 7) is 8.84. The van der Waals surface area contributed by atoms with Crippen molar-refractivity contribution in [2.24, 2.45) is 5.41 Å².